The molecule has 4 nitrogen and oxygen atoms in total. The Morgan fingerprint density at radius 2 is 0.731 bits per heavy atom. The summed E-state index contributed by atoms with van der Waals surface area (Å²) in [4.78, 5) is 0. The van der Waals surface area contributed by atoms with E-state index in [1.165, 1.54) is 0 Å². The molecule has 1 radical (unpaired) electrons. The number of ether oxygens (including phenoxy) is 3. The van der Waals surface area contributed by atoms with Crippen LogP contribution in [0.4, 0.5) is 0 Å². The molecule has 26 heavy (non-hydrogen) atoms. The van der Waals surface area contributed by atoms with Gasteiger partial charge in [-0.15, -0.1) is 0 Å². The molecular formula is C22H21O4. The number of hydrogen-bond donors (Lipinski definition) is 0. The number of benzene rings is 3. The van der Waals surface area contributed by atoms with Crippen molar-refractivity contribution < 1.29 is 19.3 Å². The molecule has 0 amide bonds. The van der Waals surface area contributed by atoms with Crippen molar-refractivity contribution in [3.05, 3.63) is 89.5 Å². The van der Waals surface area contributed by atoms with Crippen LogP contribution in [0.1, 0.15) is 16.7 Å². The van der Waals surface area contributed by atoms with Gasteiger partial charge in [-0.2, -0.15) is 0 Å². The molecule has 133 valence electrons. The van der Waals surface area contributed by atoms with Crippen LogP contribution in [0.2, 0.25) is 0 Å². The Bertz CT molecular complexity index is 721. The summed E-state index contributed by atoms with van der Waals surface area (Å²) < 4.78 is 15.7. The van der Waals surface area contributed by atoms with Crippen molar-refractivity contribution in [2.24, 2.45) is 0 Å². The molecule has 0 aromatic heterocycles. The van der Waals surface area contributed by atoms with Crippen molar-refractivity contribution >= 4 is 0 Å². The first kappa shape index (κ1) is 17.8. The molecule has 3 aromatic rings. The first-order valence-electron chi connectivity index (χ1n) is 8.26. The van der Waals surface area contributed by atoms with Crippen LogP contribution in [0.3, 0.4) is 0 Å². The summed E-state index contributed by atoms with van der Waals surface area (Å²) in [5, 5.41) is 14.2. The van der Waals surface area contributed by atoms with Crippen LogP contribution in [0, 0.1) is 0 Å². The first-order valence-corrected chi connectivity index (χ1v) is 8.26. The van der Waals surface area contributed by atoms with E-state index in [4.69, 9.17) is 14.2 Å². The summed E-state index contributed by atoms with van der Waals surface area (Å²) in [6, 6.07) is 21.6. The van der Waals surface area contributed by atoms with Gasteiger partial charge in [0.1, 0.15) is 17.2 Å². The third-order valence-corrected chi connectivity index (χ3v) is 4.49. The molecule has 4 heteroatoms. The minimum absolute atomic E-state index is 0.633. The summed E-state index contributed by atoms with van der Waals surface area (Å²) >= 11 is 0. The zero-order valence-corrected chi connectivity index (χ0v) is 15.1. The van der Waals surface area contributed by atoms with Crippen LogP contribution in [0.25, 0.3) is 0 Å². The predicted molar refractivity (Wildman–Crippen MR) is 99.6 cm³/mol. The molecule has 0 aliphatic rings. The molecule has 0 heterocycles. The molecule has 0 bridgehead atoms. The quantitative estimate of drug-likeness (QED) is 0.618. The predicted octanol–water partition coefficient (Wildman–Crippen LogP) is 4.43. The second-order valence-electron chi connectivity index (χ2n) is 5.87. The van der Waals surface area contributed by atoms with Gasteiger partial charge in [-0.3, -0.25) is 0 Å². The molecule has 0 saturated heterocycles. The maximum atomic E-state index is 14.2. The van der Waals surface area contributed by atoms with E-state index in [0.29, 0.717) is 33.9 Å². The minimum Gasteiger partial charge on any atom is -0.497 e. The lowest BCUT2D eigenvalue weighted by Crippen LogP contribution is -2.27. The molecule has 0 N–H and O–H groups in total. The van der Waals surface area contributed by atoms with Crippen molar-refractivity contribution in [2.75, 3.05) is 21.3 Å². The molecule has 0 saturated carbocycles. The van der Waals surface area contributed by atoms with Crippen LogP contribution in [0.5, 0.6) is 17.2 Å². The topological polar surface area (TPSA) is 47.6 Å². The first-order chi connectivity index (χ1) is 12.6. The highest BCUT2D eigenvalue weighted by Crippen LogP contribution is 2.39. The van der Waals surface area contributed by atoms with Crippen LogP contribution >= 0.6 is 0 Å². The average Bonchev–Trinajstić information content (AvgIpc) is 2.73. The highest BCUT2D eigenvalue weighted by atomic mass is 16.5. The third kappa shape index (κ3) is 3.24. The highest BCUT2D eigenvalue weighted by Gasteiger charge is 2.36. The summed E-state index contributed by atoms with van der Waals surface area (Å²) in [7, 11) is 4.81. The van der Waals surface area contributed by atoms with E-state index >= 15 is 0 Å². The monoisotopic (exact) mass is 349 g/mol. The number of methoxy groups -OCH3 is 3. The molecule has 0 unspecified atom stereocenters. The highest BCUT2D eigenvalue weighted by molar-refractivity contribution is 5.49. The molecule has 0 aliphatic heterocycles. The number of hydrogen-bond acceptors (Lipinski definition) is 3. The zero-order chi connectivity index (χ0) is 18.6. The van der Waals surface area contributed by atoms with Crippen molar-refractivity contribution in [1.29, 1.82) is 0 Å². The van der Waals surface area contributed by atoms with Crippen LogP contribution in [-0.4, -0.2) is 21.3 Å². The smallest absolute Gasteiger partial charge is 0.179 e. The zero-order valence-electron chi connectivity index (χ0n) is 15.1. The van der Waals surface area contributed by atoms with Gasteiger partial charge >= 0.3 is 0 Å². The fourth-order valence-corrected chi connectivity index (χ4v) is 2.98. The standard InChI is InChI=1S/C22H21O4/c1-24-19-10-4-16(5-11-19)22(23,17-6-12-20(25-2)13-7-17)18-8-14-21(26-3)15-9-18/h4-15H,1-3H3. The van der Waals surface area contributed by atoms with Crippen LogP contribution in [0.15, 0.2) is 72.8 Å². The fourth-order valence-electron chi connectivity index (χ4n) is 2.98. The Balaban J connectivity index is 2.15. The normalized spacial score (nSPS) is 11.1. The van der Waals surface area contributed by atoms with Gasteiger partial charge in [0.05, 0.1) is 21.3 Å². The lowest BCUT2D eigenvalue weighted by molar-refractivity contribution is 0.0410. The molecule has 0 spiro atoms. The molecule has 3 rings (SSSR count). The van der Waals surface area contributed by atoms with E-state index in [-0.39, 0.29) is 0 Å². The lowest BCUT2D eigenvalue weighted by atomic mass is 9.80. The Labute approximate surface area is 153 Å². The van der Waals surface area contributed by atoms with Gasteiger partial charge in [0, 0.05) is 0 Å². The van der Waals surface area contributed by atoms with Gasteiger partial charge < -0.3 is 14.2 Å². The molecular weight excluding hydrogens is 328 g/mol. The fraction of sp³-hybridized carbons (Fsp3) is 0.182. The largest absolute Gasteiger partial charge is 0.497 e. The Morgan fingerprint density at radius 3 is 0.923 bits per heavy atom. The Hall–Kier alpha value is -2.98. The number of rotatable bonds is 6. The summed E-state index contributed by atoms with van der Waals surface area (Å²) in [5.41, 5.74) is 0.334. The van der Waals surface area contributed by atoms with E-state index < -0.39 is 5.60 Å². The minimum atomic E-state index is -1.56. The molecule has 0 atom stereocenters. The van der Waals surface area contributed by atoms with E-state index in [2.05, 4.69) is 0 Å². The van der Waals surface area contributed by atoms with Gasteiger partial charge in [0.15, 0.2) is 5.60 Å². The Morgan fingerprint density at radius 1 is 0.500 bits per heavy atom. The SMILES string of the molecule is COc1ccc(C([O])(c2ccc(OC)cc2)c2ccc(OC)cc2)cc1. The van der Waals surface area contributed by atoms with Gasteiger partial charge in [-0.1, -0.05) is 36.4 Å². The van der Waals surface area contributed by atoms with Crippen LogP contribution in [-0.2, 0) is 10.7 Å². The van der Waals surface area contributed by atoms with Crippen LogP contribution < -0.4 is 14.2 Å². The summed E-state index contributed by atoms with van der Waals surface area (Å²) in [6.07, 6.45) is 0. The molecule has 3 aromatic carbocycles. The summed E-state index contributed by atoms with van der Waals surface area (Å²) in [5.74, 6) is 2.13. The van der Waals surface area contributed by atoms with Crippen molar-refractivity contribution in [3.63, 3.8) is 0 Å². The summed E-state index contributed by atoms with van der Waals surface area (Å²) in [6.45, 7) is 0. The van der Waals surface area contributed by atoms with Crippen molar-refractivity contribution in [1.82, 2.24) is 0 Å². The Kier molecular flexibility index (Phi) is 5.14. The van der Waals surface area contributed by atoms with Gasteiger partial charge in [0.2, 0.25) is 0 Å². The van der Waals surface area contributed by atoms with Crippen molar-refractivity contribution in [2.45, 2.75) is 5.60 Å². The van der Waals surface area contributed by atoms with E-state index in [0.717, 1.165) is 0 Å². The maximum absolute atomic E-state index is 14.2. The molecule has 0 aliphatic carbocycles. The van der Waals surface area contributed by atoms with Crippen molar-refractivity contribution in [3.8, 4) is 17.2 Å². The van der Waals surface area contributed by atoms with Gasteiger partial charge in [-0.05, 0) is 53.1 Å². The van der Waals surface area contributed by atoms with E-state index in [9.17, 15) is 5.11 Å². The molecule has 0 fully saturated rings. The van der Waals surface area contributed by atoms with E-state index in [1.54, 1.807) is 94.1 Å². The van der Waals surface area contributed by atoms with Gasteiger partial charge in [0.25, 0.3) is 0 Å². The average molecular weight is 349 g/mol. The third-order valence-electron chi connectivity index (χ3n) is 4.49. The van der Waals surface area contributed by atoms with E-state index in [1.807, 2.05) is 0 Å². The second-order valence-corrected chi connectivity index (χ2v) is 5.87. The second kappa shape index (κ2) is 7.50. The van der Waals surface area contributed by atoms with Gasteiger partial charge in [-0.25, -0.2) is 5.11 Å². The maximum Gasteiger partial charge on any atom is 0.179 e. The lowest BCUT2D eigenvalue weighted by Gasteiger charge is -2.28.